The second-order valence-electron chi connectivity index (χ2n) is 5.50. The molecule has 6 nitrogen and oxygen atoms in total. The van der Waals surface area contributed by atoms with Crippen molar-refractivity contribution in [3.63, 3.8) is 0 Å². The third kappa shape index (κ3) is 3.66. The number of hydrogen-bond donors (Lipinski definition) is 0. The van der Waals surface area contributed by atoms with Gasteiger partial charge in [0.1, 0.15) is 5.58 Å². The van der Waals surface area contributed by atoms with Gasteiger partial charge in [-0.25, -0.2) is 9.64 Å². The number of nitrogens with zero attached hydrogens (tertiary/aromatic N) is 1. The Balaban J connectivity index is 2.11. The zero-order valence-corrected chi connectivity index (χ0v) is 14.1. The highest BCUT2D eigenvalue weighted by atomic mass is 16.5. The Hall–Kier alpha value is -3.35. The quantitative estimate of drug-likeness (QED) is 0.280. The SMILES string of the molecule is [C-]#[N+]C(=Cc1cc2cc3c(cc2oc1=O)C#CCCOC3)C(=O)OCC. The predicted molar refractivity (Wildman–Crippen MR) is 94.8 cm³/mol. The third-order valence-electron chi connectivity index (χ3n) is 3.73. The van der Waals surface area contributed by atoms with Gasteiger partial charge in [0.25, 0.3) is 5.70 Å². The molecule has 0 aliphatic carbocycles. The topological polar surface area (TPSA) is 70.1 Å². The van der Waals surface area contributed by atoms with Gasteiger partial charge in [-0.1, -0.05) is 11.8 Å². The molecule has 0 saturated carbocycles. The molecular formula is C20H15NO5. The Morgan fingerprint density at radius 1 is 1.42 bits per heavy atom. The zero-order valence-electron chi connectivity index (χ0n) is 14.1. The lowest BCUT2D eigenvalue weighted by Gasteiger charge is -2.09. The molecule has 1 aromatic carbocycles. The summed E-state index contributed by atoms with van der Waals surface area (Å²) < 4.78 is 15.7. The van der Waals surface area contributed by atoms with Crippen molar-refractivity contribution >= 4 is 23.0 Å². The van der Waals surface area contributed by atoms with Crippen LogP contribution in [0.2, 0.25) is 0 Å². The zero-order chi connectivity index (χ0) is 18.5. The third-order valence-corrected chi connectivity index (χ3v) is 3.73. The molecule has 130 valence electrons. The van der Waals surface area contributed by atoms with Gasteiger partial charge in [-0.3, -0.25) is 4.79 Å². The van der Waals surface area contributed by atoms with Gasteiger partial charge in [0.15, 0.2) is 0 Å². The molecule has 1 aliphatic heterocycles. The molecular weight excluding hydrogens is 334 g/mol. The average Bonchev–Trinajstić information content (AvgIpc) is 2.60. The van der Waals surface area contributed by atoms with Gasteiger partial charge >= 0.3 is 11.6 Å². The Kier molecular flexibility index (Phi) is 5.17. The first kappa shape index (κ1) is 17.5. The molecule has 1 aromatic heterocycles. The van der Waals surface area contributed by atoms with Crippen LogP contribution < -0.4 is 5.63 Å². The van der Waals surface area contributed by atoms with Gasteiger partial charge in [-0.2, -0.15) is 0 Å². The second-order valence-corrected chi connectivity index (χ2v) is 5.50. The minimum absolute atomic E-state index is 0.106. The largest absolute Gasteiger partial charge is 0.471 e. The van der Waals surface area contributed by atoms with Crippen LogP contribution in [0.5, 0.6) is 0 Å². The summed E-state index contributed by atoms with van der Waals surface area (Å²) in [6, 6.07) is 5.13. The van der Waals surface area contributed by atoms with Crippen LogP contribution in [0.3, 0.4) is 0 Å². The maximum absolute atomic E-state index is 12.2. The van der Waals surface area contributed by atoms with Crippen molar-refractivity contribution in [2.75, 3.05) is 13.2 Å². The maximum atomic E-state index is 12.2. The number of esters is 1. The second kappa shape index (κ2) is 7.69. The van der Waals surface area contributed by atoms with E-state index < -0.39 is 11.6 Å². The summed E-state index contributed by atoms with van der Waals surface area (Å²) in [4.78, 5) is 27.1. The van der Waals surface area contributed by atoms with Crippen LogP contribution in [0, 0.1) is 18.4 Å². The van der Waals surface area contributed by atoms with Gasteiger partial charge in [-0.05, 0) is 36.8 Å². The van der Waals surface area contributed by atoms with Crippen molar-refractivity contribution in [1.82, 2.24) is 0 Å². The van der Waals surface area contributed by atoms with Crippen molar-refractivity contribution in [1.29, 1.82) is 0 Å². The number of rotatable bonds is 3. The molecule has 0 spiro atoms. The highest BCUT2D eigenvalue weighted by Crippen LogP contribution is 2.22. The number of carbonyl (C=O) groups excluding carboxylic acids is 1. The van der Waals surface area contributed by atoms with E-state index in [1.165, 1.54) is 6.08 Å². The summed E-state index contributed by atoms with van der Waals surface area (Å²) in [5.74, 6) is 5.29. The lowest BCUT2D eigenvalue weighted by molar-refractivity contribution is -0.138. The fourth-order valence-electron chi connectivity index (χ4n) is 2.52. The van der Waals surface area contributed by atoms with Crippen LogP contribution in [0.15, 0.2) is 33.1 Å². The Morgan fingerprint density at radius 2 is 2.27 bits per heavy atom. The first-order valence-corrected chi connectivity index (χ1v) is 8.06. The fraction of sp³-hybridized carbons (Fsp3) is 0.250. The molecule has 0 unspecified atom stereocenters. The molecule has 0 fully saturated rings. The predicted octanol–water partition coefficient (Wildman–Crippen LogP) is 2.89. The molecule has 26 heavy (non-hydrogen) atoms. The maximum Gasteiger partial charge on any atom is 0.342 e. The normalized spacial score (nSPS) is 13.6. The Morgan fingerprint density at radius 3 is 3.04 bits per heavy atom. The summed E-state index contributed by atoms with van der Waals surface area (Å²) in [6.45, 7) is 9.88. The molecule has 0 bridgehead atoms. The number of benzene rings is 1. The van der Waals surface area contributed by atoms with Gasteiger partial charge in [0.2, 0.25) is 0 Å². The Labute approximate surface area is 149 Å². The van der Waals surface area contributed by atoms with Gasteiger partial charge < -0.3 is 13.9 Å². The van der Waals surface area contributed by atoms with E-state index in [1.807, 2.05) is 6.07 Å². The van der Waals surface area contributed by atoms with Crippen LogP contribution in [0.1, 0.15) is 30.0 Å². The fourth-order valence-corrected chi connectivity index (χ4v) is 2.52. The van der Waals surface area contributed by atoms with Gasteiger partial charge in [0, 0.05) is 17.4 Å². The minimum Gasteiger partial charge on any atom is -0.471 e. The Bertz CT molecular complexity index is 1060. The van der Waals surface area contributed by atoms with E-state index in [0.717, 1.165) is 11.1 Å². The molecule has 0 atom stereocenters. The molecule has 0 saturated heterocycles. The van der Waals surface area contributed by atoms with Gasteiger partial charge in [-0.15, -0.1) is 0 Å². The van der Waals surface area contributed by atoms with Crippen molar-refractivity contribution in [2.45, 2.75) is 20.0 Å². The lowest BCUT2D eigenvalue weighted by Crippen LogP contribution is -2.08. The minimum atomic E-state index is -0.774. The smallest absolute Gasteiger partial charge is 0.342 e. The molecule has 2 aromatic rings. The highest BCUT2D eigenvalue weighted by Gasteiger charge is 2.14. The molecule has 0 N–H and O–H groups in total. The van der Waals surface area contributed by atoms with E-state index in [2.05, 4.69) is 16.7 Å². The number of ether oxygens (including phenoxy) is 2. The standard InChI is InChI=1S/C20H15NO5/c1-3-25-20(23)17(21-2)10-15-8-14-9-16-12-24-7-5-4-6-13(16)11-18(14)26-19(15)22/h8-11H,3,5,7,12H2,1H3. The van der Waals surface area contributed by atoms with Crippen LogP contribution in [-0.2, 0) is 20.9 Å². The molecule has 6 heteroatoms. The lowest BCUT2D eigenvalue weighted by atomic mass is 10.0. The van der Waals surface area contributed by atoms with Crippen molar-refractivity contribution in [3.8, 4) is 11.8 Å². The van der Waals surface area contributed by atoms with Gasteiger partial charge in [0.05, 0.1) is 32.0 Å². The number of fused-ring (bicyclic) bond motifs is 2. The summed E-state index contributed by atoms with van der Waals surface area (Å²) in [5, 5.41) is 0.661. The van der Waals surface area contributed by atoms with E-state index in [-0.39, 0.29) is 17.9 Å². The van der Waals surface area contributed by atoms with Crippen molar-refractivity contribution < 1.29 is 18.7 Å². The molecule has 3 rings (SSSR count). The molecule has 0 amide bonds. The first-order chi connectivity index (χ1) is 12.6. The van der Waals surface area contributed by atoms with Crippen molar-refractivity contribution in [2.24, 2.45) is 0 Å². The molecule has 2 heterocycles. The summed E-state index contributed by atoms with van der Waals surface area (Å²) in [6.07, 6.45) is 1.84. The summed E-state index contributed by atoms with van der Waals surface area (Å²) in [7, 11) is 0. The van der Waals surface area contributed by atoms with Crippen molar-refractivity contribution in [3.05, 3.63) is 62.4 Å². The monoisotopic (exact) mass is 349 g/mol. The van der Waals surface area contributed by atoms with E-state index in [0.29, 0.717) is 30.6 Å². The van der Waals surface area contributed by atoms with E-state index >= 15 is 0 Å². The number of carbonyl (C=O) groups is 1. The summed E-state index contributed by atoms with van der Waals surface area (Å²) >= 11 is 0. The van der Waals surface area contributed by atoms with E-state index in [1.54, 1.807) is 19.1 Å². The molecule has 1 aliphatic rings. The molecule has 0 radical (unpaired) electrons. The van der Waals surface area contributed by atoms with Crippen LogP contribution in [0.25, 0.3) is 21.9 Å². The van der Waals surface area contributed by atoms with Crippen LogP contribution in [-0.4, -0.2) is 19.2 Å². The summed E-state index contributed by atoms with van der Waals surface area (Å²) in [5.41, 5.74) is 1.23. The van der Waals surface area contributed by atoms with E-state index in [4.69, 9.17) is 20.5 Å². The number of hydrogen-bond acceptors (Lipinski definition) is 5. The van der Waals surface area contributed by atoms with Crippen LogP contribution in [0.4, 0.5) is 0 Å². The first-order valence-electron chi connectivity index (χ1n) is 8.06. The average molecular weight is 349 g/mol. The van der Waals surface area contributed by atoms with Crippen LogP contribution >= 0.6 is 0 Å². The highest BCUT2D eigenvalue weighted by molar-refractivity contribution is 5.96. The van der Waals surface area contributed by atoms with E-state index in [9.17, 15) is 9.59 Å².